The van der Waals surface area contributed by atoms with Crippen LogP contribution < -0.4 is 0 Å². The summed E-state index contributed by atoms with van der Waals surface area (Å²) >= 11 is 0. The molecule has 7 heteroatoms. The molecule has 0 saturated heterocycles. The van der Waals surface area contributed by atoms with E-state index in [4.69, 9.17) is 4.42 Å². The molecule has 0 amide bonds. The van der Waals surface area contributed by atoms with Crippen LogP contribution in [0.3, 0.4) is 0 Å². The number of nitrogens with zero attached hydrogens (tertiary/aromatic N) is 1. The number of aliphatic carboxylic acids is 1. The monoisotopic (exact) mass is 585 g/mol. The van der Waals surface area contributed by atoms with Crippen LogP contribution in [-0.2, 0) is 36.0 Å². The second-order valence-electron chi connectivity index (χ2n) is 11.7. The largest absolute Gasteiger partial charge is 0.481 e. The van der Waals surface area contributed by atoms with E-state index in [2.05, 4.69) is 42.2 Å². The van der Waals surface area contributed by atoms with Crippen molar-refractivity contribution in [1.82, 2.24) is 4.90 Å². The molecular weight excluding hydrogens is 551 g/mol. The Morgan fingerprint density at radius 1 is 0.814 bits per heavy atom. The maximum Gasteiger partial charge on any atom is 0.449 e. The third-order valence-electron chi connectivity index (χ3n) is 8.04. The minimum absolute atomic E-state index is 0.200. The van der Waals surface area contributed by atoms with E-state index >= 15 is 0 Å². The summed E-state index contributed by atoms with van der Waals surface area (Å²) in [5, 5.41) is 11.9. The highest BCUT2D eigenvalue weighted by molar-refractivity contribution is 5.87. The maximum absolute atomic E-state index is 13.3. The van der Waals surface area contributed by atoms with Crippen molar-refractivity contribution in [2.75, 3.05) is 0 Å². The maximum atomic E-state index is 13.3. The van der Waals surface area contributed by atoms with Gasteiger partial charge in [-0.2, -0.15) is 13.2 Å². The van der Waals surface area contributed by atoms with Gasteiger partial charge in [-0.25, -0.2) is 0 Å². The van der Waals surface area contributed by atoms with Gasteiger partial charge in [0.05, 0.1) is 12.0 Å². The molecule has 0 spiro atoms. The van der Waals surface area contributed by atoms with E-state index in [1.807, 2.05) is 55.5 Å². The summed E-state index contributed by atoms with van der Waals surface area (Å²) in [6, 6.07) is 28.4. The smallest absolute Gasteiger partial charge is 0.449 e. The van der Waals surface area contributed by atoms with Crippen molar-refractivity contribution in [3.05, 3.63) is 130 Å². The summed E-state index contributed by atoms with van der Waals surface area (Å²) in [5.74, 6) is -1.65. The number of rotatable bonds is 9. The molecule has 0 bridgehead atoms. The Morgan fingerprint density at radius 2 is 1.56 bits per heavy atom. The van der Waals surface area contributed by atoms with Gasteiger partial charge in [-0.3, -0.25) is 9.69 Å². The van der Waals surface area contributed by atoms with E-state index in [-0.39, 0.29) is 12.3 Å². The van der Waals surface area contributed by atoms with E-state index in [0.29, 0.717) is 18.7 Å². The Hall–Kier alpha value is -4.36. The zero-order valence-electron chi connectivity index (χ0n) is 24.6. The summed E-state index contributed by atoms with van der Waals surface area (Å²) < 4.78 is 45.0. The number of carbonyl (C=O) groups is 1. The van der Waals surface area contributed by atoms with E-state index < -0.39 is 23.3 Å². The van der Waals surface area contributed by atoms with Gasteiger partial charge in [0.2, 0.25) is 5.76 Å². The summed E-state index contributed by atoms with van der Waals surface area (Å²) in [4.78, 5) is 13.9. The zero-order chi connectivity index (χ0) is 30.9. The second kappa shape index (κ2) is 11.7. The SMILES string of the molecule is Cc1ccc2c(CN(Cc3ccc(-c4cccc(C(C)(C)C(=O)O)c4)cc3)Cc3ccc(C(F)(F)F)o3)c(C)ccc2c1. The average Bonchev–Trinajstić information content (AvgIpc) is 3.44. The van der Waals surface area contributed by atoms with Crippen LogP contribution in [0.2, 0.25) is 0 Å². The average molecular weight is 586 g/mol. The lowest BCUT2D eigenvalue weighted by Gasteiger charge is -2.24. The quantitative estimate of drug-likeness (QED) is 0.187. The fourth-order valence-corrected chi connectivity index (χ4v) is 5.33. The second-order valence-corrected chi connectivity index (χ2v) is 11.7. The minimum Gasteiger partial charge on any atom is -0.481 e. The number of carboxylic acids is 1. The number of furan rings is 1. The van der Waals surface area contributed by atoms with Crippen molar-refractivity contribution in [2.24, 2.45) is 0 Å². The molecule has 222 valence electrons. The van der Waals surface area contributed by atoms with Crippen LogP contribution in [0.1, 0.15) is 53.2 Å². The first-order valence-electron chi connectivity index (χ1n) is 14.1. The molecule has 1 heterocycles. The molecular formula is C36H34F3NO3. The highest BCUT2D eigenvalue weighted by Gasteiger charge is 2.35. The molecule has 4 aromatic carbocycles. The molecule has 5 aromatic rings. The number of fused-ring (bicyclic) bond motifs is 1. The Balaban J connectivity index is 1.44. The van der Waals surface area contributed by atoms with Gasteiger partial charge < -0.3 is 9.52 Å². The number of alkyl halides is 3. The molecule has 0 atom stereocenters. The molecule has 0 unspecified atom stereocenters. The van der Waals surface area contributed by atoms with Crippen LogP contribution in [0, 0.1) is 13.8 Å². The number of benzene rings is 4. The molecule has 1 aromatic heterocycles. The molecule has 0 aliphatic carbocycles. The minimum atomic E-state index is -4.54. The van der Waals surface area contributed by atoms with Crippen LogP contribution in [0.5, 0.6) is 0 Å². The van der Waals surface area contributed by atoms with Gasteiger partial charge in [0.15, 0.2) is 0 Å². The number of carboxylic acid groups (broad SMARTS) is 1. The van der Waals surface area contributed by atoms with Crippen molar-refractivity contribution < 1.29 is 27.5 Å². The molecule has 0 saturated carbocycles. The molecule has 0 radical (unpaired) electrons. The van der Waals surface area contributed by atoms with Crippen LogP contribution in [0.4, 0.5) is 13.2 Å². The summed E-state index contributed by atoms with van der Waals surface area (Å²) in [5.41, 5.74) is 5.92. The molecule has 0 aliphatic heterocycles. The fourth-order valence-electron chi connectivity index (χ4n) is 5.33. The lowest BCUT2D eigenvalue weighted by atomic mass is 9.83. The molecule has 5 rings (SSSR count). The predicted molar refractivity (Wildman–Crippen MR) is 163 cm³/mol. The van der Waals surface area contributed by atoms with Crippen LogP contribution >= 0.6 is 0 Å². The van der Waals surface area contributed by atoms with Crippen molar-refractivity contribution in [3.8, 4) is 11.1 Å². The molecule has 0 aliphatic rings. The number of hydrogen-bond donors (Lipinski definition) is 1. The normalized spacial score (nSPS) is 12.3. The van der Waals surface area contributed by atoms with Crippen LogP contribution in [0.15, 0.2) is 95.4 Å². The highest BCUT2D eigenvalue weighted by Crippen LogP contribution is 2.33. The van der Waals surface area contributed by atoms with Gasteiger partial charge in [0, 0.05) is 13.1 Å². The standard InChI is InChI=1S/C36H34F3NO3/c1-23-8-16-31-28(18-23)12-9-24(2)32(31)22-40(21-30-15-17-33(43-30)36(37,38)39)20-25-10-13-26(14-11-25)27-6-5-7-29(19-27)35(3,4)34(41)42/h5-19H,20-22H2,1-4H3,(H,41,42). The van der Waals surface area contributed by atoms with E-state index in [1.54, 1.807) is 13.8 Å². The Bertz CT molecular complexity index is 1770. The van der Waals surface area contributed by atoms with Gasteiger partial charge in [0.25, 0.3) is 0 Å². The third-order valence-corrected chi connectivity index (χ3v) is 8.04. The van der Waals surface area contributed by atoms with Gasteiger partial charge in [-0.05, 0) is 84.0 Å². The third kappa shape index (κ3) is 6.67. The van der Waals surface area contributed by atoms with E-state index in [0.717, 1.165) is 50.2 Å². The van der Waals surface area contributed by atoms with Crippen molar-refractivity contribution in [3.63, 3.8) is 0 Å². The number of halogens is 3. The molecule has 4 nitrogen and oxygen atoms in total. The summed E-state index contributed by atoms with van der Waals surface area (Å²) in [6.45, 7) is 8.66. The Labute approximate surface area is 249 Å². The number of aryl methyl sites for hydroxylation is 2. The van der Waals surface area contributed by atoms with Crippen LogP contribution in [-0.4, -0.2) is 16.0 Å². The van der Waals surface area contributed by atoms with Crippen molar-refractivity contribution in [2.45, 2.75) is 58.9 Å². The van der Waals surface area contributed by atoms with E-state index in [9.17, 15) is 23.1 Å². The van der Waals surface area contributed by atoms with Gasteiger partial charge in [0.1, 0.15) is 5.76 Å². The Morgan fingerprint density at radius 3 is 2.23 bits per heavy atom. The molecule has 1 N–H and O–H groups in total. The van der Waals surface area contributed by atoms with Gasteiger partial charge in [-0.15, -0.1) is 0 Å². The summed E-state index contributed by atoms with van der Waals surface area (Å²) in [6.07, 6.45) is -4.54. The first-order valence-corrected chi connectivity index (χ1v) is 14.1. The number of hydrogen-bond acceptors (Lipinski definition) is 3. The summed E-state index contributed by atoms with van der Waals surface area (Å²) in [7, 11) is 0. The van der Waals surface area contributed by atoms with Gasteiger partial charge in [-0.1, -0.05) is 84.4 Å². The lowest BCUT2D eigenvalue weighted by Crippen LogP contribution is -2.28. The first-order chi connectivity index (χ1) is 20.3. The first kappa shape index (κ1) is 30.1. The van der Waals surface area contributed by atoms with Crippen molar-refractivity contribution in [1.29, 1.82) is 0 Å². The van der Waals surface area contributed by atoms with Crippen LogP contribution in [0.25, 0.3) is 21.9 Å². The lowest BCUT2D eigenvalue weighted by molar-refractivity contribution is -0.153. The van der Waals surface area contributed by atoms with Crippen molar-refractivity contribution >= 4 is 16.7 Å². The zero-order valence-corrected chi connectivity index (χ0v) is 24.6. The molecule has 0 fully saturated rings. The van der Waals surface area contributed by atoms with Gasteiger partial charge >= 0.3 is 12.1 Å². The topological polar surface area (TPSA) is 53.7 Å². The Kier molecular flexibility index (Phi) is 8.21. The predicted octanol–water partition coefficient (Wildman–Crippen LogP) is 9.30. The molecule has 43 heavy (non-hydrogen) atoms. The van der Waals surface area contributed by atoms with E-state index in [1.165, 1.54) is 6.07 Å². The highest BCUT2D eigenvalue weighted by atomic mass is 19.4. The fraction of sp³-hybridized carbons (Fsp3) is 0.250.